The Labute approximate surface area is 169 Å². The molecule has 1 aromatic carbocycles. The highest BCUT2D eigenvalue weighted by molar-refractivity contribution is 14.0. The summed E-state index contributed by atoms with van der Waals surface area (Å²) in [5.74, 6) is 1.75. The summed E-state index contributed by atoms with van der Waals surface area (Å²) in [7, 11) is 3.47. The van der Waals surface area contributed by atoms with Gasteiger partial charge in [-0.2, -0.15) is 0 Å². The van der Waals surface area contributed by atoms with E-state index in [-0.39, 0.29) is 24.0 Å². The van der Waals surface area contributed by atoms with Crippen LogP contribution in [0, 0.1) is 5.41 Å². The summed E-state index contributed by atoms with van der Waals surface area (Å²) in [6, 6.07) is 8.02. The number of halogens is 1. The molecule has 1 fully saturated rings. The zero-order chi connectivity index (χ0) is 17.3. The predicted octanol–water partition coefficient (Wildman–Crippen LogP) is 3.58. The zero-order valence-corrected chi connectivity index (χ0v) is 18.0. The van der Waals surface area contributed by atoms with Gasteiger partial charge in [0.25, 0.3) is 0 Å². The maximum absolute atomic E-state index is 5.40. The van der Waals surface area contributed by atoms with E-state index < -0.39 is 0 Å². The number of nitrogens with one attached hydrogen (secondary N) is 2. The van der Waals surface area contributed by atoms with Crippen LogP contribution in [0.4, 0.5) is 0 Å². The van der Waals surface area contributed by atoms with Gasteiger partial charge in [0.1, 0.15) is 5.75 Å². The van der Waals surface area contributed by atoms with Crippen LogP contribution in [0.25, 0.3) is 0 Å². The molecule has 1 saturated carbocycles. The molecule has 0 radical (unpaired) electrons. The fourth-order valence-electron chi connectivity index (χ4n) is 3.12. The van der Waals surface area contributed by atoms with Crippen LogP contribution in [0.1, 0.15) is 38.2 Å². The van der Waals surface area contributed by atoms with Gasteiger partial charge in [0.05, 0.1) is 13.7 Å². The maximum atomic E-state index is 5.40. The normalized spacial score (nSPS) is 15.7. The van der Waals surface area contributed by atoms with Crippen LogP contribution in [0.2, 0.25) is 0 Å². The zero-order valence-electron chi connectivity index (χ0n) is 15.6. The third-order valence-electron chi connectivity index (χ3n) is 4.83. The van der Waals surface area contributed by atoms with Crippen molar-refractivity contribution in [3.05, 3.63) is 29.8 Å². The van der Waals surface area contributed by atoms with Crippen molar-refractivity contribution in [2.45, 2.75) is 39.2 Å². The number of hydrogen-bond donors (Lipinski definition) is 2. The van der Waals surface area contributed by atoms with Crippen LogP contribution in [0.3, 0.4) is 0 Å². The van der Waals surface area contributed by atoms with Gasteiger partial charge in [0.2, 0.25) is 0 Å². The van der Waals surface area contributed by atoms with E-state index in [0.717, 1.165) is 43.4 Å². The average Bonchev–Trinajstić information content (AvgIpc) is 2.58. The van der Waals surface area contributed by atoms with Gasteiger partial charge in [-0.1, -0.05) is 24.6 Å². The number of guanidine groups is 1. The van der Waals surface area contributed by atoms with Gasteiger partial charge in [0.15, 0.2) is 5.96 Å². The summed E-state index contributed by atoms with van der Waals surface area (Å²) >= 11 is 0. The molecule has 0 bridgehead atoms. The van der Waals surface area contributed by atoms with Gasteiger partial charge in [-0.25, -0.2) is 4.99 Å². The van der Waals surface area contributed by atoms with E-state index in [0.29, 0.717) is 12.0 Å². The second-order valence-electron chi connectivity index (χ2n) is 6.46. The molecular formula is C19H32IN3O2. The standard InChI is InChI=1S/C19H31N3O2.HI/c1-4-20-18(21-14-16-8-5-6-9-17(16)24-3)22-15-19(10-7-11-19)12-13-23-2;/h5-6,8-9H,4,7,10-15H2,1-3H3,(H2,20,21,22);1H. The summed E-state index contributed by atoms with van der Waals surface area (Å²) < 4.78 is 10.7. The second kappa shape index (κ2) is 11.6. The Morgan fingerprint density at radius 2 is 1.96 bits per heavy atom. The van der Waals surface area contributed by atoms with Crippen molar-refractivity contribution in [2.75, 3.05) is 33.9 Å². The monoisotopic (exact) mass is 461 g/mol. The van der Waals surface area contributed by atoms with Crippen molar-refractivity contribution in [1.29, 1.82) is 0 Å². The molecule has 1 aliphatic carbocycles. The highest BCUT2D eigenvalue weighted by atomic mass is 127. The molecule has 5 nitrogen and oxygen atoms in total. The first-order valence-electron chi connectivity index (χ1n) is 8.86. The lowest BCUT2D eigenvalue weighted by atomic mass is 9.67. The molecule has 1 aromatic rings. The molecule has 0 aromatic heterocycles. The van der Waals surface area contributed by atoms with Crippen molar-refractivity contribution in [3.63, 3.8) is 0 Å². The Balaban J connectivity index is 0.00000312. The minimum absolute atomic E-state index is 0. The lowest BCUT2D eigenvalue weighted by Crippen LogP contribution is -2.46. The number of para-hydroxylation sites is 1. The Hall–Kier alpha value is -1.02. The highest BCUT2D eigenvalue weighted by Gasteiger charge is 2.36. The Bertz CT molecular complexity index is 533. The van der Waals surface area contributed by atoms with E-state index in [1.165, 1.54) is 19.3 Å². The third-order valence-corrected chi connectivity index (χ3v) is 4.83. The van der Waals surface area contributed by atoms with Gasteiger partial charge < -0.3 is 20.1 Å². The van der Waals surface area contributed by atoms with E-state index in [1.807, 2.05) is 18.2 Å². The molecule has 1 aliphatic rings. The SMILES string of the molecule is CCNC(=NCc1ccccc1OC)NCC1(CCOC)CCC1.I. The molecule has 0 heterocycles. The third kappa shape index (κ3) is 6.66. The first kappa shape index (κ1) is 22.0. The van der Waals surface area contributed by atoms with E-state index in [2.05, 4.69) is 23.6 Å². The van der Waals surface area contributed by atoms with Crippen LogP contribution in [-0.2, 0) is 11.3 Å². The van der Waals surface area contributed by atoms with Gasteiger partial charge in [-0.05, 0) is 37.7 Å². The summed E-state index contributed by atoms with van der Waals surface area (Å²) in [4.78, 5) is 4.72. The van der Waals surface area contributed by atoms with Gasteiger partial charge >= 0.3 is 0 Å². The number of nitrogens with zero attached hydrogens (tertiary/aromatic N) is 1. The topological polar surface area (TPSA) is 54.9 Å². The molecule has 142 valence electrons. The number of aliphatic imine (C=N–C) groups is 1. The molecule has 0 amide bonds. The molecule has 2 N–H and O–H groups in total. The highest BCUT2D eigenvalue weighted by Crippen LogP contribution is 2.43. The molecule has 2 rings (SSSR count). The smallest absolute Gasteiger partial charge is 0.191 e. The van der Waals surface area contributed by atoms with Crippen molar-refractivity contribution in [1.82, 2.24) is 10.6 Å². The van der Waals surface area contributed by atoms with Crippen LogP contribution in [0.5, 0.6) is 5.75 Å². The van der Waals surface area contributed by atoms with Gasteiger partial charge in [-0.3, -0.25) is 0 Å². The van der Waals surface area contributed by atoms with Crippen LogP contribution in [0.15, 0.2) is 29.3 Å². The number of ether oxygens (including phenoxy) is 2. The van der Waals surface area contributed by atoms with E-state index in [9.17, 15) is 0 Å². The number of rotatable bonds is 9. The minimum atomic E-state index is 0. The predicted molar refractivity (Wildman–Crippen MR) is 114 cm³/mol. The summed E-state index contributed by atoms with van der Waals surface area (Å²) in [6.07, 6.45) is 4.98. The average molecular weight is 461 g/mol. The molecule has 0 unspecified atom stereocenters. The fraction of sp³-hybridized carbons (Fsp3) is 0.632. The lowest BCUT2D eigenvalue weighted by molar-refractivity contribution is 0.0732. The molecule has 6 heteroatoms. The Morgan fingerprint density at radius 3 is 2.56 bits per heavy atom. The number of methoxy groups -OCH3 is 2. The summed E-state index contributed by atoms with van der Waals surface area (Å²) in [5.41, 5.74) is 1.46. The van der Waals surface area contributed by atoms with Crippen LogP contribution >= 0.6 is 24.0 Å². The fourth-order valence-corrected chi connectivity index (χ4v) is 3.12. The maximum Gasteiger partial charge on any atom is 0.191 e. The molecule has 25 heavy (non-hydrogen) atoms. The lowest BCUT2D eigenvalue weighted by Gasteiger charge is -2.42. The minimum Gasteiger partial charge on any atom is -0.496 e. The molecule has 0 atom stereocenters. The van der Waals surface area contributed by atoms with Crippen LogP contribution < -0.4 is 15.4 Å². The Kier molecular flexibility index (Phi) is 10.2. The molecule has 0 saturated heterocycles. The molecule has 0 spiro atoms. The quantitative estimate of drug-likeness (QED) is 0.336. The largest absolute Gasteiger partial charge is 0.496 e. The van der Waals surface area contributed by atoms with E-state index in [4.69, 9.17) is 14.5 Å². The first-order valence-corrected chi connectivity index (χ1v) is 8.86. The molecular weight excluding hydrogens is 429 g/mol. The molecule has 0 aliphatic heterocycles. The van der Waals surface area contributed by atoms with Crippen molar-refractivity contribution in [3.8, 4) is 5.75 Å². The first-order chi connectivity index (χ1) is 11.7. The van der Waals surface area contributed by atoms with Gasteiger partial charge in [-0.15, -0.1) is 24.0 Å². The van der Waals surface area contributed by atoms with Crippen LogP contribution in [-0.4, -0.2) is 39.9 Å². The number of benzene rings is 1. The Morgan fingerprint density at radius 1 is 1.20 bits per heavy atom. The summed E-state index contributed by atoms with van der Waals surface area (Å²) in [5, 5.41) is 6.86. The van der Waals surface area contributed by atoms with E-state index in [1.54, 1.807) is 14.2 Å². The van der Waals surface area contributed by atoms with E-state index >= 15 is 0 Å². The second-order valence-corrected chi connectivity index (χ2v) is 6.46. The summed E-state index contributed by atoms with van der Waals surface area (Å²) in [6.45, 7) is 5.32. The van der Waals surface area contributed by atoms with Crippen molar-refractivity contribution < 1.29 is 9.47 Å². The van der Waals surface area contributed by atoms with Gasteiger partial charge in [0, 0.05) is 32.4 Å². The van der Waals surface area contributed by atoms with Crippen molar-refractivity contribution >= 4 is 29.9 Å². The van der Waals surface area contributed by atoms with Crippen molar-refractivity contribution in [2.24, 2.45) is 10.4 Å². The number of hydrogen-bond acceptors (Lipinski definition) is 3.